The molecule has 13 N–H and O–H groups in total. The standard InChI is InChI=1S/C47H73NO17/c1-27-17-15-13-11-9-7-5-6-8-10-12-14-16-18-34(64-46-44(58)41(48)43(57)30(4)63-46)24-38-40(45(59)60)37(54)26-47(61,65-38)25-33(51)22-36(53)35(52)20-19-31(49)21-32(50)23-39(55)62-29(3)28(2)42(27)56/h5-18,27-38,40-44,46,49-54,56-58,61H,19-26,48H2,1-4H3,(H,59,60)/b6-5+,9-7+,10-8+,13-11+,14-12+,17-15+,18-16+/t27-,28-,29-,30+,31+,32?,33?,34?,35?,36?,37-,38-,40+,41-,42+,43+,44-,46-,47?/m0/s1. The van der Waals surface area contributed by atoms with Crippen molar-refractivity contribution in [3.8, 4) is 0 Å². The van der Waals surface area contributed by atoms with Crippen molar-refractivity contribution in [3.05, 3.63) is 85.1 Å². The Morgan fingerprint density at radius 3 is 1.82 bits per heavy atom. The molecule has 19 atom stereocenters. The highest BCUT2D eigenvalue weighted by Gasteiger charge is 2.51. The Labute approximate surface area is 381 Å². The number of aliphatic carboxylic acids is 1. The number of allylic oxidation sites excluding steroid dienone is 12. The van der Waals surface area contributed by atoms with Crippen LogP contribution in [0.2, 0.25) is 0 Å². The van der Waals surface area contributed by atoms with Crippen molar-refractivity contribution in [1.82, 2.24) is 0 Å². The molecule has 0 amide bonds. The molecule has 0 aromatic carbocycles. The average molecular weight is 924 g/mol. The molecule has 2 fully saturated rings. The summed E-state index contributed by atoms with van der Waals surface area (Å²) in [6.45, 7) is 6.74. The van der Waals surface area contributed by atoms with Crippen molar-refractivity contribution >= 4 is 11.9 Å². The second-order valence-electron chi connectivity index (χ2n) is 17.6. The SMILES string of the molecule is C[C@@H]1[C@H](O)[C@@H](C)/C=C/C=C/C=C/C=C/C=C/C=C/C=C/C(O[C@@H]2O[C@H](C)[C@@H](O)[C@H](N)[C@@H]2O)C[C@@H]2OC(O)(CC(O)CC(O)C(O)CC[C@@H](O)CC(O)CC(=O)O[C@H]1C)C[C@H](O)[C@H]2C(=O)O. The maximum atomic E-state index is 12.6. The van der Waals surface area contributed by atoms with Gasteiger partial charge in [-0.25, -0.2) is 0 Å². The van der Waals surface area contributed by atoms with Crippen LogP contribution in [0.25, 0.3) is 0 Å². The predicted molar refractivity (Wildman–Crippen MR) is 237 cm³/mol. The number of rotatable bonds is 3. The lowest BCUT2D eigenvalue weighted by atomic mass is 9.82. The first-order chi connectivity index (χ1) is 30.6. The average Bonchev–Trinajstić information content (AvgIpc) is 3.21. The third kappa shape index (κ3) is 18.6. The van der Waals surface area contributed by atoms with Crippen LogP contribution < -0.4 is 5.73 Å². The van der Waals surface area contributed by atoms with Crippen LogP contribution in [-0.2, 0) is 28.5 Å². The Balaban J connectivity index is 1.86. The Kier molecular flexibility index (Phi) is 23.6. The molecule has 0 saturated carbocycles. The van der Waals surface area contributed by atoms with Gasteiger partial charge in [0.2, 0.25) is 0 Å². The zero-order valence-corrected chi connectivity index (χ0v) is 37.6. The molecule has 368 valence electrons. The first-order valence-electron chi connectivity index (χ1n) is 22.3. The van der Waals surface area contributed by atoms with E-state index in [4.69, 9.17) is 24.7 Å². The lowest BCUT2D eigenvalue weighted by Gasteiger charge is -2.45. The van der Waals surface area contributed by atoms with Crippen molar-refractivity contribution in [3.63, 3.8) is 0 Å². The van der Waals surface area contributed by atoms with Gasteiger partial charge in [0.1, 0.15) is 18.1 Å². The molecule has 18 nitrogen and oxygen atoms in total. The highest BCUT2D eigenvalue weighted by Crippen LogP contribution is 2.38. The van der Waals surface area contributed by atoms with Gasteiger partial charge >= 0.3 is 11.9 Å². The van der Waals surface area contributed by atoms with Crippen LogP contribution in [0.5, 0.6) is 0 Å². The molecule has 18 heteroatoms. The number of cyclic esters (lactones) is 1. The number of nitrogens with two attached hydrogens (primary N) is 1. The van der Waals surface area contributed by atoms with Gasteiger partial charge in [-0.15, -0.1) is 0 Å². The molecule has 3 rings (SSSR count). The molecule has 3 aliphatic heterocycles. The molecule has 0 aromatic rings. The molecule has 0 spiro atoms. The molecular weight excluding hydrogens is 851 g/mol. The van der Waals surface area contributed by atoms with Crippen molar-refractivity contribution < 1.29 is 84.7 Å². The van der Waals surface area contributed by atoms with E-state index < -0.39 is 147 Å². The van der Waals surface area contributed by atoms with Crippen LogP contribution in [0.4, 0.5) is 0 Å². The van der Waals surface area contributed by atoms with Gasteiger partial charge in [0.25, 0.3) is 0 Å². The quantitative estimate of drug-likeness (QED) is 0.174. The summed E-state index contributed by atoms with van der Waals surface area (Å²) < 4.78 is 23.1. The smallest absolute Gasteiger partial charge is 0.311 e. The minimum Gasteiger partial charge on any atom is -0.481 e. The fourth-order valence-corrected chi connectivity index (χ4v) is 7.97. The van der Waals surface area contributed by atoms with E-state index in [1.54, 1.807) is 80.7 Å². The maximum absolute atomic E-state index is 12.6. The Hall–Kier alpha value is -3.44. The lowest BCUT2D eigenvalue weighted by Crippen LogP contribution is -2.61. The monoisotopic (exact) mass is 923 g/mol. The van der Waals surface area contributed by atoms with E-state index in [2.05, 4.69) is 0 Å². The van der Waals surface area contributed by atoms with Gasteiger partial charge in [0.05, 0.1) is 79.6 Å². The molecule has 2 saturated heterocycles. The van der Waals surface area contributed by atoms with Crippen LogP contribution in [0.3, 0.4) is 0 Å². The molecule has 3 heterocycles. The van der Waals surface area contributed by atoms with Crippen molar-refractivity contribution in [2.24, 2.45) is 23.5 Å². The predicted octanol–water partition coefficient (Wildman–Crippen LogP) is 0.712. The van der Waals surface area contributed by atoms with Gasteiger partial charge in [-0.05, 0) is 33.1 Å². The van der Waals surface area contributed by atoms with Crippen molar-refractivity contribution in [2.75, 3.05) is 0 Å². The molecular formula is C47H73NO17. The highest BCUT2D eigenvalue weighted by atomic mass is 16.7. The summed E-state index contributed by atoms with van der Waals surface area (Å²) in [5.41, 5.74) is 6.02. The minimum atomic E-state index is -2.33. The normalized spacial score (nSPS) is 45.5. The van der Waals surface area contributed by atoms with E-state index in [1.165, 1.54) is 13.0 Å². The number of esters is 1. The number of carboxylic acids is 1. The topological polar surface area (TPSA) is 320 Å². The maximum Gasteiger partial charge on any atom is 0.311 e. The molecule has 6 unspecified atom stereocenters. The second-order valence-corrected chi connectivity index (χ2v) is 17.6. The number of aliphatic hydroxyl groups excluding tert-OH is 9. The molecule has 65 heavy (non-hydrogen) atoms. The van der Waals surface area contributed by atoms with E-state index in [0.29, 0.717) is 0 Å². The number of hydrogen-bond acceptors (Lipinski definition) is 17. The summed E-state index contributed by atoms with van der Waals surface area (Å²) in [4.78, 5) is 25.1. The number of carboxylic acid groups (broad SMARTS) is 1. The molecule has 2 bridgehead atoms. The molecule has 0 aliphatic carbocycles. The minimum absolute atomic E-state index is 0.107. The fraction of sp³-hybridized carbons (Fsp3) is 0.660. The summed E-state index contributed by atoms with van der Waals surface area (Å²) in [5, 5.41) is 118. The second kappa shape index (κ2) is 27.4. The largest absolute Gasteiger partial charge is 0.481 e. The third-order valence-corrected chi connectivity index (χ3v) is 12.0. The Morgan fingerprint density at radius 1 is 0.662 bits per heavy atom. The van der Waals surface area contributed by atoms with E-state index in [0.717, 1.165) is 0 Å². The van der Waals surface area contributed by atoms with E-state index >= 15 is 0 Å². The van der Waals surface area contributed by atoms with Gasteiger partial charge in [0.15, 0.2) is 12.1 Å². The van der Waals surface area contributed by atoms with E-state index in [-0.39, 0.29) is 31.6 Å². The van der Waals surface area contributed by atoms with E-state index in [1.807, 2.05) is 19.1 Å². The lowest BCUT2D eigenvalue weighted by molar-refractivity contribution is -0.308. The zero-order chi connectivity index (χ0) is 48.4. The summed E-state index contributed by atoms with van der Waals surface area (Å²) in [5.74, 6) is -6.83. The van der Waals surface area contributed by atoms with Gasteiger partial charge in [-0.1, -0.05) is 98.9 Å². The Bertz CT molecular complexity index is 1670. The number of aliphatic hydroxyl groups is 10. The van der Waals surface area contributed by atoms with Gasteiger partial charge in [0, 0.05) is 37.5 Å². The van der Waals surface area contributed by atoms with Crippen molar-refractivity contribution in [1.29, 1.82) is 0 Å². The number of ether oxygens (including phenoxy) is 4. The first-order valence-corrected chi connectivity index (χ1v) is 22.3. The van der Waals surface area contributed by atoms with Gasteiger partial charge < -0.3 is 80.9 Å². The molecule has 0 radical (unpaired) electrons. The Morgan fingerprint density at radius 2 is 1.23 bits per heavy atom. The summed E-state index contributed by atoms with van der Waals surface area (Å²) in [7, 11) is 0. The fourth-order valence-electron chi connectivity index (χ4n) is 7.97. The van der Waals surface area contributed by atoms with E-state index in [9.17, 15) is 65.8 Å². The molecule has 3 aliphatic rings. The van der Waals surface area contributed by atoms with Crippen LogP contribution in [-0.4, -0.2) is 166 Å². The highest BCUT2D eigenvalue weighted by molar-refractivity contribution is 5.71. The first kappa shape index (κ1) is 55.9. The summed E-state index contributed by atoms with van der Waals surface area (Å²) in [6, 6.07) is -1.15. The number of hydrogen-bond donors (Lipinski definition) is 12. The van der Waals surface area contributed by atoms with Crippen LogP contribution >= 0.6 is 0 Å². The number of fused-ring (bicyclic) bond motifs is 2. The van der Waals surface area contributed by atoms with Gasteiger partial charge in [-0.2, -0.15) is 0 Å². The van der Waals surface area contributed by atoms with Crippen LogP contribution in [0, 0.1) is 17.8 Å². The van der Waals surface area contributed by atoms with Gasteiger partial charge in [-0.3, -0.25) is 9.59 Å². The molecule has 0 aromatic heterocycles. The summed E-state index contributed by atoms with van der Waals surface area (Å²) >= 11 is 0. The van der Waals surface area contributed by atoms with Crippen LogP contribution in [0.15, 0.2) is 85.1 Å². The number of carbonyl (C=O) groups excluding carboxylic acids is 1. The van der Waals surface area contributed by atoms with Crippen molar-refractivity contribution in [2.45, 2.75) is 177 Å². The van der Waals surface area contributed by atoms with Crippen LogP contribution in [0.1, 0.15) is 79.1 Å². The number of carbonyl (C=O) groups is 2. The third-order valence-electron chi connectivity index (χ3n) is 12.0. The zero-order valence-electron chi connectivity index (χ0n) is 37.6. The summed E-state index contributed by atoms with van der Waals surface area (Å²) in [6.07, 6.45) is 3.46.